The van der Waals surface area contributed by atoms with Crippen LogP contribution in [0.4, 0.5) is 5.69 Å². The number of carbonyl (C=O) groups is 1. The predicted molar refractivity (Wildman–Crippen MR) is 73.9 cm³/mol. The summed E-state index contributed by atoms with van der Waals surface area (Å²) in [4.78, 5) is 10.8. The van der Waals surface area contributed by atoms with Crippen molar-refractivity contribution in [3.05, 3.63) is 51.2 Å². The fourth-order valence-electron chi connectivity index (χ4n) is 1.27. The molecule has 1 heterocycles. The molecule has 0 radical (unpaired) electrons. The molecule has 4 nitrogen and oxygen atoms in total. The van der Waals surface area contributed by atoms with E-state index in [9.17, 15) is 4.79 Å². The molecular formula is C12H9ClN2O2S. The zero-order valence-electron chi connectivity index (χ0n) is 9.13. The number of anilines is 1. The zero-order valence-corrected chi connectivity index (χ0v) is 10.7. The number of hydrazone groups is 1. The van der Waals surface area contributed by atoms with Gasteiger partial charge in [0.25, 0.3) is 0 Å². The highest BCUT2D eigenvalue weighted by Gasteiger charge is 2.06. The summed E-state index contributed by atoms with van der Waals surface area (Å²) in [6.45, 7) is 0. The van der Waals surface area contributed by atoms with E-state index in [1.165, 1.54) is 18.2 Å². The summed E-state index contributed by atoms with van der Waals surface area (Å²) >= 11 is 7.51. The number of thiophene rings is 1. The average Bonchev–Trinajstić information content (AvgIpc) is 2.84. The third kappa shape index (κ3) is 3.09. The fourth-order valence-corrected chi connectivity index (χ4v) is 2.04. The van der Waals surface area contributed by atoms with Crippen LogP contribution in [0.15, 0.2) is 40.1 Å². The number of carboxylic acid groups (broad SMARTS) is 1. The van der Waals surface area contributed by atoms with Gasteiger partial charge in [-0.25, -0.2) is 4.79 Å². The van der Waals surface area contributed by atoms with Crippen molar-refractivity contribution in [3.8, 4) is 0 Å². The summed E-state index contributed by atoms with van der Waals surface area (Å²) in [7, 11) is 0. The van der Waals surface area contributed by atoms with Crippen LogP contribution in [0.3, 0.4) is 0 Å². The van der Waals surface area contributed by atoms with Crippen LogP contribution < -0.4 is 5.43 Å². The van der Waals surface area contributed by atoms with E-state index in [4.69, 9.17) is 16.7 Å². The molecule has 1 aromatic carbocycles. The van der Waals surface area contributed by atoms with Gasteiger partial charge in [-0.15, -0.1) is 0 Å². The average molecular weight is 281 g/mol. The van der Waals surface area contributed by atoms with E-state index in [1.54, 1.807) is 17.6 Å². The molecule has 0 saturated carbocycles. The van der Waals surface area contributed by atoms with E-state index in [-0.39, 0.29) is 5.56 Å². The Bertz CT molecular complexity index is 582. The van der Waals surface area contributed by atoms with E-state index in [2.05, 4.69) is 10.5 Å². The van der Waals surface area contributed by atoms with E-state index < -0.39 is 5.97 Å². The number of carboxylic acids is 1. The van der Waals surface area contributed by atoms with Gasteiger partial charge in [0.1, 0.15) is 0 Å². The minimum absolute atomic E-state index is 0.160. The minimum Gasteiger partial charge on any atom is -0.478 e. The van der Waals surface area contributed by atoms with Gasteiger partial charge in [0, 0.05) is 5.56 Å². The van der Waals surface area contributed by atoms with Crippen LogP contribution >= 0.6 is 22.9 Å². The highest BCUT2D eigenvalue weighted by molar-refractivity contribution is 7.08. The Labute approximate surface area is 113 Å². The highest BCUT2D eigenvalue weighted by atomic mass is 35.5. The van der Waals surface area contributed by atoms with E-state index in [0.29, 0.717) is 10.7 Å². The number of rotatable bonds is 4. The van der Waals surface area contributed by atoms with Crippen molar-refractivity contribution in [1.82, 2.24) is 0 Å². The zero-order chi connectivity index (χ0) is 13.0. The maximum absolute atomic E-state index is 10.8. The number of hydrogen-bond donors (Lipinski definition) is 2. The van der Waals surface area contributed by atoms with E-state index in [1.807, 2.05) is 16.8 Å². The Morgan fingerprint density at radius 1 is 1.44 bits per heavy atom. The van der Waals surface area contributed by atoms with E-state index in [0.717, 1.165) is 5.56 Å². The monoisotopic (exact) mass is 280 g/mol. The summed E-state index contributed by atoms with van der Waals surface area (Å²) < 4.78 is 0. The largest absolute Gasteiger partial charge is 0.478 e. The Kier molecular flexibility index (Phi) is 3.96. The molecule has 18 heavy (non-hydrogen) atoms. The quantitative estimate of drug-likeness (QED) is 0.665. The number of benzene rings is 1. The van der Waals surface area contributed by atoms with Crippen molar-refractivity contribution in [2.75, 3.05) is 5.43 Å². The molecule has 0 aliphatic carbocycles. The van der Waals surface area contributed by atoms with Crippen LogP contribution in [-0.2, 0) is 0 Å². The lowest BCUT2D eigenvalue weighted by Gasteiger charge is -2.04. The van der Waals surface area contributed by atoms with Gasteiger partial charge >= 0.3 is 5.97 Å². The molecular weight excluding hydrogens is 272 g/mol. The molecule has 0 unspecified atom stereocenters. The summed E-state index contributed by atoms with van der Waals surface area (Å²) in [5.41, 5.74) is 4.32. The number of halogens is 1. The summed E-state index contributed by atoms with van der Waals surface area (Å²) in [5, 5.41) is 17.2. The van der Waals surface area contributed by atoms with Gasteiger partial charge in [-0.1, -0.05) is 11.6 Å². The van der Waals surface area contributed by atoms with Crippen LogP contribution in [0.5, 0.6) is 0 Å². The van der Waals surface area contributed by atoms with Crippen LogP contribution in [0, 0.1) is 0 Å². The Morgan fingerprint density at radius 3 is 2.94 bits per heavy atom. The maximum atomic E-state index is 10.8. The van der Waals surface area contributed by atoms with Gasteiger partial charge in [-0.2, -0.15) is 16.4 Å². The summed E-state index contributed by atoms with van der Waals surface area (Å²) in [6.07, 6.45) is 1.64. The second-order valence-corrected chi connectivity index (χ2v) is 4.61. The number of hydrogen-bond acceptors (Lipinski definition) is 4. The second kappa shape index (κ2) is 5.66. The first-order valence-electron chi connectivity index (χ1n) is 5.01. The van der Waals surface area contributed by atoms with Crippen LogP contribution in [0.2, 0.25) is 5.02 Å². The van der Waals surface area contributed by atoms with Gasteiger partial charge in [0.05, 0.1) is 22.5 Å². The first kappa shape index (κ1) is 12.6. The molecule has 0 aliphatic rings. The van der Waals surface area contributed by atoms with Gasteiger partial charge < -0.3 is 5.11 Å². The van der Waals surface area contributed by atoms with Gasteiger partial charge in [-0.3, -0.25) is 5.43 Å². The first-order chi connectivity index (χ1) is 8.66. The summed E-state index contributed by atoms with van der Waals surface area (Å²) in [6, 6.07) is 6.33. The van der Waals surface area contributed by atoms with Crippen molar-refractivity contribution < 1.29 is 9.90 Å². The van der Waals surface area contributed by atoms with Crippen molar-refractivity contribution in [2.24, 2.45) is 5.10 Å². The molecule has 6 heteroatoms. The topological polar surface area (TPSA) is 61.7 Å². The molecule has 2 N–H and O–H groups in total. The van der Waals surface area contributed by atoms with Crippen molar-refractivity contribution in [3.63, 3.8) is 0 Å². The summed E-state index contributed by atoms with van der Waals surface area (Å²) in [5.74, 6) is -1.00. The van der Waals surface area contributed by atoms with Crippen molar-refractivity contribution in [2.45, 2.75) is 0 Å². The lowest BCUT2D eigenvalue weighted by Crippen LogP contribution is -1.98. The number of nitrogens with zero attached hydrogens (tertiary/aromatic N) is 1. The Morgan fingerprint density at radius 2 is 2.28 bits per heavy atom. The third-order valence-corrected chi connectivity index (χ3v) is 3.19. The normalized spacial score (nSPS) is 10.7. The Balaban J connectivity index is 2.13. The SMILES string of the molecule is O=C(O)c1ccc(Cl)c(N/N=C\c2ccsc2)c1. The molecule has 0 atom stereocenters. The first-order valence-corrected chi connectivity index (χ1v) is 6.33. The maximum Gasteiger partial charge on any atom is 0.335 e. The molecule has 2 aromatic rings. The van der Waals surface area contributed by atoms with Crippen LogP contribution in [0.1, 0.15) is 15.9 Å². The molecule has 92 valence electrons. The molecule has 0 amide bonds. The second-order valence-electron chi connectivity index (χ2n) is 3.43. The Hall–Kier alpha value is -1.85. The molecule has 1 aromatic heterocycles. The van der Waals surface area contributed by atoms with Crippen LogP contribution in [-0.4, -0.2) is 17.3 Å². The predicted octanol–water partition coefficient (Wildman–Crippen LogP) is 3.55. The number of nitrogens with one attached hydrogen (secondary N) is 1. The van der Waals surface area contributed by atoms with E-state index >= 15 is 0 Å². The minimum atomic E-state index is -1.00. The molecule has 0 aliphatic heterocycles. The van der Waals surface area contributed by atoms with Gasteiger partial charge in [0.15, 0.2) is 0 Å². The van der Waals surface area contributed by atoms with Crippen LogP contribution in [0.25, 0.3) is 0 Å². The van der Waals surface area contributed by atoms with Gasteiger partial charge in [-0.05, 0) is 35.0 Å². The smallest absolute Gasteiger partial charge is 0.335 e. The lowest BCUT2D eigenvalue weighted by molar-refractivity contribution is 0.0697. The number of aromatic carboxylic acids is 1. The third-order valence-electron chi connectivity index (χ3n) is 2.16. The lowest BCUT2D eigenvalue weighted by atomic mass is 10.2. The molecule has 0 spiro atoms. The molecule has 0 bridgehead atoms. The molecule has 2 rings (SSSR count). The van der Waals surface area contributed by atoms with Crippen molar-refractivity contribution in [1.29, 1.82) is 0 Å². The molecule has 0 fully saturated rings. The van der Waals surface area contributed by atoms with Gasteiger partial charge in [0.2, 0.25) is 0 Å². The van der Waals surface area contributed by atoms with Crippen molar-refractivity contribution >= 4 is 40.8 Å². The fraction of sp³-hybridized carbons (Fsp3) is 0. The standard InChI is InChI=1S/C12H9ClN2O2S/c13-10-2-1-9(12(16)17)5-11(10)15-14-6-8-3-4-18-7-8/h1-7,15H,(H,16,17)/b14-6-. The molecule has 0 saturated heterocycles. The highest BCUT2D eigenvalue weighted by Crippen LogP contribution is 2.23.